The lowest BCUT2D eigenvalue weighted by atomic mass is 10.1. The van der Waals surface area contributed by atoms with Crippen molar-refractivity contribution in [3.8, 4) is 0 Å². The zero-order valence-electron chi connectivity index (χ0n) is 13.1. The third kappa shape index (κ3) is 3.89. The summed E-state index contributed by atoms with van der Waals surface area (Å²) in [5.41, 5.74) is 4.17. The largest absolute Gasteiger partial charge is 0.380 e. The predicted molar refractivity (Wildman–Crippen MR) is 84.5 cm³/mol. The molecule has 2 aromatic rings. The van der Waals surface area contributed by atoms with E-state index in [0.717, 1.165) is 42.2 Å². The van der Waals surface area contributed by atoms with Crippen molar-refractivity contribution in [3.05, 3.63) is 41.9 Å². The summed E-state index contributed by atoms with van der Waals surface area (Å²) in [5.74, 6) is 0. The van der Waals surface area contributed by atoms with Crippen LogP contribution in [0.15, 0.2) is 24.9 Å². The third-order valence-corrected chi connectivity index (χ3v) is 3.51. The minimum Gasteiger partial charge on any atom is -0.380 e. The smallest absolute Gasteiger partial charge is 0.155 e. The topological polar surface area (TPSA) is 51.5 Å². The number of rotatable bonds is 8. The van der Waals surface area contributed by atoms with E-state index in [0.29, 0.717) is 6.61 Å². The van der Waals surface area contributed by atoms with Crippen LogP contribution >= 0.6 is 0 Å². The fraction of sp³-hybridized carbons (Fsp3) is 0.500. The molecule has 114 valence electrons. The number of nitrogens with zero attached hydrogens (tertiary/aromatic N) is 3. The highest BCUT2D eigenvalue weighted by Crippen LogP contribution is 2.17. The van der Waals surface area contributed by atoms with E-state index in [1.807, 2.05) is 29.8 Å². The maximum absolute atomic E-state index is 5.50. The molecule has 1 atom stereocenters. The minimum absolute atomic E-state index is 0.217. The second kappa shape index (κ2) is 7.33. The van der Waals surface area contributed by atoms with Gasteiger partial charge in [-0.2, -0.15) is 5.10 Å². The van der Waals surface area contributed by atoms with Gasteiger partial charge in [-0.15, -0.1) is 6.58 Å². The Labute approximate surface area is 126 Å². The van der Waals surface area contributed by atoms with Gasteiger partial charge >= 0.3 is 0 Å². The van der Waals surface area contributed by atoms with Crippen LogP contribution in [0.25, 0.3) is 5.65 Å². The van der Waals surface area contributed by atoms with Crippen LogP contribution in [-0.2, 0) is 4.74 Å². The van der Waals surface area contributed by atoms with Gasteiger partial charge in [0.2, 0.25) is 0 Å². The van der Waals surface area contributed by atoms with Crippen molar-refractivity contribution in [2.75, 3.05) is 19.8 Å². The molecule has 0 saturated heterocycles. The molecule has 1 unspecified atom stereocenters. The number of aromatic nitrogens is 3. The Kier molecular flexibility index (Phi) is 5.47. The van der Waals surface area contributed by atoms with E-state index in [9.17, 15) is 0 Å². The van der Waals surface area contributed by atoms with E-state index in [1.54, 1.807) is 0 Å². The summed E-state index contributed by atoms with van der Waals surface area (Å²) < 4.78 is 7.40. The van der Waals surface area contributed by atoms with Gasteiger partial charge in [-0.1, -0.05) is 6.08 Å². The molecule has 0 amide bonds. The summed E-state index contributed by atoms with van der Waals surface area (Å²) in [6.45, 7) is 12.1. The van der Waals surface area contributed by atoms with Gasteiger partial charge in [0.1, 0.15) is 0 Å². The molecule has 2 heterocycles. The van der Waals surface area contributed by atoms with Crippen molar-refractivity contribution in [2.24, 2.45) is 0 Å². The molecule has 5 nitrogen and oxygen atoms in total. The SMILES string of the molecule is C=CCCOCCNC(C)c1cnc2cc(C)nn2c1C. The van der Waals surface area contributed by atoms with Crippen LogP contribution in [0.2, 0.25) is 0 Å². The number of aryl methyl sites for hydroxylation is 2. The fourth-order valence-corrected chi connectivity index (χ4v) is 2.33. The molecule has 0 bridgehead atoms. The van der Waals surface area contributed by atoms with Crippen molar-refractivity contribution >= 4 is 5.65 Å². The van der Waals surface area contributed by atoms with Gasteiger partial charge in [0.15, 0.2) is 5.65 Å². The van der Waals surface area contributed by atoms with E-state index in [2.05, 4.69) is 35.8 Å². The van der Waals surface area contributed by atoms with E-state index in [-0.39, 0.29) is 6.04 Å². The Morgan fingerprint density at radius 2 is 2.24 bits per heavy atom. The summed E-state index contributed by atoms with van der Waals surface area (Å²) in [5, 5.41) is 7.93. The summed E-state index contributed by atoms with van der Waals surface area (Å²) in [6.07, 6.45) is 4.70. The van der Waals surface area contributed by atoms with Crippen molar-refractivity contribution in [2.45, 2.75) is 33.2 Å². The number of fused-ring (bicyclic) bond motifs is 1. The van der Waals surface area contributed by atoms with Crippen LogP contribution in [0.4, 0.5) is 0 Å². The molecule has 0 aliphatic heterocycles. The summed E-state index contributed by atoms with van der Waals surface area (Å²) in [6, 6.07) is 2.21. The molecule has 2 rings (SSSR count). The van der Waals surface area contributed by atoms with E-state index < -0.39 is 0 Å². The maximum Gasteiger partial charge on any atom is 0.155 e. The molecule has 0 spiro atoms. The van der Waals surface area contributed by atoms with Crippen molar-refractivity contribution in [1.29, 1.82) is 0 Å². The molecule has 2 aromatic heterocycles. The fourth-order valence-electron chi connectivity index (χ4n) is 2.33. The molecular weight excluding hydrogens is 264 g/mol. The summed E-state index contributed by atoms with van der Waals surface area (Å²) in [4.78, 5) is 4.47. The molecule has 0 aromatic carbocycles. The third-order valence-electron chi connectivity index (χ3n) is 3.51. The Morgan fingerprint density at radius 3 is 3.00 bits per heavy atom. The first-order chi connectivity index (χ1) is 10.1. The van der Waals surface area contributed by atoms with E-state index in [1.165, 1.54) is 0 Å². The van der Waals surface area contributed by atoms with Gasteiger partial charge < -0.3 is 10.1 Å². The maximum atomic E-state index is 5.50. The van der Waals surface area contributed by atoms with Gasteiger partial charge in [-0.25, -0.2) is 9.50 Å². The molecule has 0 aliphatic rings. The number of hydrogen-bond acceptors (Lipinski definition) is 4. The summed E-state index contributed by atoms with van der Waals surface area (Å²) >= 11 is 0. The van der Waals surface area contributed by atoms with Crippen molar-refractivity contribution < 1.29 is 4.74 Å². The Bertz CT molecular complexity index is 606. The minimum atomic E-state index is 0.217. The van der Waals surface area contributed by atoms with Crippen LogP contribution < -0.4 is 5.32 Å². The van der Waals surface area contributed by atoms with Gasteiger partial charge in [0.05, 0.1) is 18.9 Å². The lowest BCUT2D eigenvalue weighted by Gasteiger charge is -2.16. The zero-order valence-corrected chi connectivity index (χ0v) is 13.1. The van der Waals surface area contributed by atoms with Crippen LogP contribution in [0.3, 0.4) is 0 Å². The van der Waals surface area contributed by atoms with Gasteiger partial charge in [0.25, 0.3) is 0 Å². The zero-order chi connectivity index (χ0) is 15.2. The molecular formula is C16H24N4O. The van der Waals surface area contributed by atoms with E-state index >= 15 is 0 Å². The lowest BCUT2D eigenvalue weighted by Crippen LogP contribution is -2.24. The highest BCUT2D eigenvalue weighted by atomic mass is 16.5. The molecule has 0 radical (unpaired) electrons. The number of ether oxygens (including phenoxy) is 1. The van der Waals surface area contributed by atoms with Crippen LogP contribution in [0.5, 0.6) is 0 Å². The van der Waals surface area contributed by atoms with Gasteiger partial charge in [-0.05, 0) is 27.2 Å². The average molecular weight is 288 g/mol. The average Bonchev–Trinajstić information content (AvgIpc) is 2.84. The molecule has 0 saturated carbocycles. The number of nitrogens with one attached hydrogen (secondary N) is 1. The molecule has 0 aliphatic carbocycles. The van der Waals surface area contributed by atoms with Crippen LogP contribution in [0.1, 0.15) is 36.3 Å². The molecule has 5 heteroatoms. The molecule has 1 N–H and O–H groups in total. The van der Waals surface area contributed by atoms with Gasteiger partial charge in [-0.3, -0.25) is 0 Å². The normalized spacial score (nSPS) is 12.7. The summed E-state index contributed by atoms with van der Waals surface area (Å²) in [7, 11) is 0. The van der Waals surface area contributed by atoms with Crippen LogP contribution in [0, 0.1) is 13.8 Å². The molecule has 0 fully saturated rings. The highest BCUT2D eigenvalue weighted by Gasteiger charge is 2.12. The standard InChI is InChI=1S/C16H24N4O/c1-5-6-8-21-9-7-17-13(3)15-11-18-16-10-12(2)19-20(16)14(15)4/h5,10-11,13,17H,1,6-9H2,2-4H3. The van der Waals surface area contributed by atoms with Crippen molar-refractivity contribution in [3.63, 3.8) is 0 Å². The Morgan fingerprint density at radius 1 is 1.43 bits per heavy atom. The first kappa shape index (κ1) is 15.7. The monoisotopic (exact) mass is 288 g/mol. The Balaban J connectivity index is 1.94. The first-order valence-corrected chi connectivity index (χ1v) is 7.37. The lowest BCUT2D eigenvalue weighted by molar-refractivity contribution is 0.138. The quantitative estimate of drug-likeness (QED) is 0.599. The molecule has 21 heavy (non-hydrogen) atoms. The van der Waals surface area contributed by atoms with Gasteiger partial charge in [0, 0.05) is 36.1 Å². The Hall–Kier alpha value is -1.72. The highest BCUT2D eigenvalue weighted by molar-refractivity contribution is 5.42. The second-order valence-corrected chi connectivity index (χ2v) is 5.22. The predicted octanol–water partition coefficient (Wildman–Crippen LogP) is 2.59. The number of hydrogen-bond donors (Lipinski definition) is 1. The van der Waals surface area contributed by atoms with Crippen LogP contribution in [-0.4, -0.2) is 34.4 Å². The second-order valence-electron chi connectivity index (χ2n) is 5.22. The van der Waals surface area contributed by atoms with Crippen molar-refractivity contribution in [1.82, 2.24) is 19.9 Å². The first-order valence-electron chi connectivity index (χ1n) is 7.37. The van der Waals surface area contributed by atoms with E-state index in [4.69, 9.17) is 4.74 Å².